The van der Waals surface area contributed by atoms with Gasteiger partial charge < -0.3 is 15.0 Å². The number of H-pyrrole nitrogens is 1. The number of nitrogens with zero attached hydrogens (tertiary/aromatic N) is 2. The molecule has 0 bridgehead atoms. The predicted molar refractivity (Wildman–Crippen MR) is 122 cm³/mol. The number of para-hydroxylation sites is 1. The van der Waals surface area contributed by atoms with Crippen molar-refractivity contribution in [2.45, 2.75) is 44.2 Å². The minimum atomic E-state index is -0.775. The van der Waals surface area contributed by atoms with Gasteiger partial charge in [0.1, 0.15) is 5.76 Å². The van der Waals surface area contributed by atoms with Crippen molar-refractivity contribution in [1.29, 1.82) is 0 Å². The highest BCUT2D eigenvalue weighted by atomic mass is 16.6. The molecule has 1 aromatic heterocycles. The molecule has 1 saturated carbocycles. The second-order valence-corrected chi connectivity index (χ2v) is 8.60. The van der Waals surface area contributed by atoms with Gasteiger partial charge in [-0.2, -0.15) is 0 Å². The smallest absolute Gasteiger partial charge is 0.295 e. The van der Waals surface area contributed by atoms with Gasteiger partial charge in [-0.25, -0.2) is 0 Å². The van der Waals surface area contributed by atoms with Gasteiger partial charge in [0.2, 0.25) is 0 Å². The number of fused-ring (bicyclic) bond motifs is 1. The Morgan fingerprint density at radius 3 is 2.58 bits per heavy atom. The number of aromatic nitrogens is 1. The lowest BCUT2D eigenvalue weighted by atomic mass is 9.90. The molecular formula is C25H23N3O5. The van der Waals surface area contributed by atoms with Gasteiger partial charge in [0.05, 0.1) is 16.5 Å². The van der Waals surface area contributed by atoms with Crippen LogP contribution in [0.1, 0.15) is 49.3 Å². The monoisotopic (exact) mass is 445 g/mol. The Bertz CT molecular complexity index is 1300. The normalized spacial score (nSPS) is 21.1. The van der Waals surface area contributed by atoms with Crippen LogP contribution in [0.15, 0.2) is 60.3 Å². The average molecular weight is 445 g/mol. The lowest BCUT2D eigenvalue weighted by Crippen LogP contribution is -2.40. The number of rotatable bonds is 4. The molecule has 0 radical (unpaired) electrons. The van der Waals surface area contributed by atoms with Crippen LogP contribution in [-0.2, 0) is 9.59 Å². The minimum Gasteiger partial charge on any atom is -0.507 e. The van der Waals surface area contributed by atoms with Gasteiger partial charge in [0.25, 0.3) is 17.4 Å². The molecule has 168 valence electrons. The maximum absolute atomic E-state index is 13.3. The third-order valence-corrected chi connectivity index (χ3v) is 6.69. The fraction of sp³-hybridized carbons (Fsp3) is 0.280. The molecular weight excluding hydrogens is 422 g/mol. The number of carbonyl (C=O) groups excluding carboxylic acids is 2. The molecule has 2 aliphatic rings. The number of aliphatic hydroxyl groups excluding tert-OH is 1. The van der Waals surface area contributed by atoms with Crippen LogP contribution in [-0.4, -0.2) is 37.6 Å². The Balaban J connectivity index is 1.72. The highest BCUT2D eigenvalue weighted by molar-refractivity contribution is 6.46. The van der Waals surface area contributed by atoms with Crippen LogP contribution in [0.25, 0.3) is 16.7 Å². The van der Waals surface area contributed by atoms with Crippen molar-refractivity contribution in [3.05, 3.63) is 81.5 Å². The van der Waals surface area contributed by atoms with E-state index in [9.17, 15) is 24.8 Å². The summed E-state index contributed by atoms with van der Waals surface area (Å²) in [6.07, 6.45) is 6.40. The number of hydrogen-bond acceptors (Lipinski definition) is 5. The van der Waals surface area contributed by atoms with E-state index >= 15 is 0 Å². The summed E-state index contributed by atoms with van der Waals surface area (Å²) < 4.78 is 0. The number of ketones is 1. The molecule has 1 aliphatic heterocycles. The molecule has 2 fully saturated rings. The summed E-state index contributed by atoms with van der Waals surface area (Å²) in [6.45, 7) is 0. The van der Waals surface area contributed by atoms with Crippen molar-refractivity contribution in [1.82, 2.24) is 9.88 Å². The second kappa shape index (κ2) is 8.20. The number of aliphatic hydroxyl groups is 1. The van der Waals surface area contributed by atoms with Crippen LogP contribution in [0.3, 0.4) is 0 Å². The topological polar surface area (TPSA) is 117 Å². The molecule has 33 heavy (non-hydrogen) atoms. The van der Waals surface area contributed by atoms with E-state index in [2.05, 4.69) is 4.98 Å². The zero-order chi connectivity index (χ0) is 23.1. The van der Waals surface area contributed by atoms with Gasteiger partial charge in [0, 0.05) is 46.4 Å². The largest absolute Gasteiger partial charge is 0.507 e. The molecule has 1 saturated heterocycles. The van der Waals surface area contributed by atoms with Crippen molar-refractivity contribution in [3.8, 4) is 0 Å². The highest BCUT2D eigenvalue weighted by Crippen LogP contribution is 2.45. The van der Waals surface area contributed by atoms with Crippen molar-refractivity contribution >= 4 is 34.0 Å². The Labute approximate surface area is 189 Å². The predicted octanol–water partition coefficient (Wildman–Crippen LogP) is 4.83. The molecule has 0 spiro atoms. The first-order chi connectivity index (χ1) is 16.0. The van der Waals surface area contributed by atoms with Crippen molar-refractivity contribution in [2.24, 2.45) is 0 Å². The van der Waals surface area contributed by atoms with E-state index < -0.39 is 28.4 Å². The number of non-ortho nitro benzene ring substituents is 1. The van der Waals surface area contributed by atoms with Gasteiger partial charge in [0.15, 0.2) is 0 Å². The van der Waals surface area contributed by atoms with E-state index in [4.69, 9.17) is 0 Å². The summed E-state index contributed by atoms with van der Waals surface area (Å²) in [5.41, 5.74) is 1.48. The van der Waals surface area contributed by atoms with E-state index in [-0.39, 0.29) is 22.9 Å². The fourth-order valence-corrected chi connectivity index (χ4v) is 5.13. The van der Waals surface area contributed by atoms with Crippen LogP contribution in [0.5, 0.6) is 0 Å². The molecule has 1 amide bonds. The van der Waals surface area contributed by atoms with Gasteiger partial charge in [-0.3, -0.25) is 19.7 Å². The molecule has 1 aliphatic carbocycles. The number of aromatic amines is 1. The number of Topliss-reactive ketones (excluding diaryl/α,β-unsaturated/α-hetero) is 1. The number of hydrogen-bond donors (Lipinski definition) is 2. The Kier molecular flexibility index (Phi) is 5.20. The standard InChI is InChI=1S/C25H23N3O5/c29-23(15-7-6-10-17(13-15)28(32)33)21-22(19-14-26-20-12-5-4-11-18(19)20)27(25(31)24(21)30)16-8-2-1-3-9-16/h4-7,10-14,16,22,26,29H,1-3,8-9H2/b23-21+. The van der Waals surface area contributed by atoms with E-state index in [1.54, 1.807) is 11.1 Å². The molecule has 8 heteroatoms. The van der Waals surface area contributed by atoms with Gasteiger partial charge >= 0.3 is 0 Å². The molecule has 3 aromatic rings. The summed E-state index contributed by atoms with van der Waals surface area (Å²) in [5, 5.41) is 23.3. The van der Waals surface area contributed by atoms with Crippen LogP contribution in [0.4, 0.5) is 5.69 Å². The maximum atomic E-state index is 13.3. The third kappa shape index (κ3) is 3.47. The summed E-state index contributed by atoms with van der Waals surface area (Å²) in [7, 11) is 0. The molecule has 1 atom stereocenters. The first kappa shape index (κ1) is 20.9. The molecule has 8 nitrogen and oxygen atoms in total. The number of amides is 1. The Morgan fingerprint density at radius 2 is 1.82 bits per heavy atom. The van der Waals surface area contributed by atoms with E-state index in [0.29, 0.717) is 0 Å². The third-order valence-electron chi connectivity index (χ3n) is 6.69. The number of carbonyl (C=O) groups is 2. The molecule has 2 heterocycles. The molecule has 2 N–H and O–H groups in total. The zero-order valence-electron chi connectivity index (χ0n) is 17.9. The van der Waals surface area contributed by atoms with E-state index in [1.807, 2.05) is 24.3 Å². The van der Waals surface area contributed by atoms with Gasteiger partial charge in [-0.1, -0.05) is 49.6 Å². The lowest BCUT2D eigenvalue weighted by molar-refractivity contribution is -0.384. The lowest BCUT2D eigenvalue weighted by Gasteiger charge is -2.35. The number of benzene rings is 2. The second-order valence-electron chi connectivity index (χ2n) is 8.60. The maximum Gasteiger partial charge on any atom is 0.295 e. The van der Waals surface area contributed by atoms with Crippen LogP contribution < -0.4 is 0 Å². The fourth-order valence-electron chi connectivity index (χ4n) is 5.13. The number of nitrogens with one attached hydrogen (secondary N) is 1. The first-order valence-electron chi connectivity index (χ1n) is 11.1. The van der Waals surface area contributed by atoms with Crippen molar-refractivity contribution in [2.75, 3.05) is 0 Å². The minimum absolute atomic E-state index is 0.0316. The Morgan fingerprint density at radius 1 is 1.06 bits per heavy atom. The summed E-state index contributed by atoms with van der Waals surface area (Å²) in [5.74, 6) is -1.80. The van der Waals surface area contributed by atoms with Crippen LogP contribution in [0, 0.1) is 10.1 Å². The SMILES string of the molecule is O=C1C(=O)N(C2CCCCC2)C(c2c[nH]c3ccccc23)/C1=C(\O)c1cccc([N+](=O)[O-])c1. The number of likely N-dealkylation sites (tertiary alicyclic amines) is 1. The zero-order valence-corrected chi connectivity index (χ0v) is 17.9. The van der Waals surface area contributed by atoms with E-state index in [0.717, 1.165) is 48.6 Å². The molecule has 1 unspecified atom stereocenters. The van der Waals surface area contributed by atoms with Crippen molar-refractivity contribution in [3.63, 3.8) is 0 Å². The number of nitro groups is 1. The van der Waals surface area contributed by atoms with Gasteiger partial charge in [-0.05, 0) is 18.9 Å². The first-order valence-corrected chi connectivity index (χ1v) is 11.1. The van der Waals surface area contributed by atoms with Gasteiger partial charge in [-0.15, -0.1) is 0 Å². The summed E-state index contributed by atoms with van der Waals surface area (Å²) >= 11 is 0. The van der Waals surface area contributed by atoms with Crippen molar-refractivity contribution < 1.29 is 19.6 Å². The number of nitro benzene ring substituents is 1. The molecule has 2 aromatic carbocycles. The summed E-state index contributed by atoms with van der Waals surface area (Å²) in [6, 6.07) is 12.2. The van der Waals surface area contributed by atoms with Crippen LogP contribution in [0.2, 0.25) is 0 Å². The summed E-state index contributed by atoms with van der Waals surface area (Å²) in [4.78, 5) is 42.1. The average Bonchev–Trinajstić information content (AvgIpc) is 3.38. The van der Waals surface area contributed by atoms with E-state index in [1.165, 1.54) is 24.3 Å². The quantitative estimate of drug-likeness (QED) is 0.196. The van der Waals surface area contributed by atoms with Crippen LogP contribution >= 0.6 is 0 Å². The Hall–Kier alpha value is -3.94. The highest BCUT2D eigenvalue weighted by Gasteiger charge is 2.49. The molecule has 5 rings (SSSR count).